The molecule has 0 aliphatic carbocycles. The molecule has 0 aromatic carbocycles. The van der Waals surface area contributed by atoms with Crippen molar-refractivity contribution >= 4 is 5.91 Å². The van der Waals surface area contributed by atoms with Gasteiger partial charge in [0.1, 0.15) is 5.69 Å². The number of alkyl halides is 2. The van der Waals surface area contributed by atoms with Gasteiger partial charge in [-0.2, -0.15) is 5.10 Å². The Labute approximate surface area is 150 Å². The van der Waals surface area contributed by atoms with Crippen LogP contribution >= 0.6 is 0 Å². The third-order valence-corrected chi connectivity index (χ3v) is 5.57. The van der Waals surface area contributed by atoms with Gasteiger partial charge in [-0.15, -0.1) is 0 Å². The van der Waals surface area contributed by atoms with Crippen molar-refractivity contribution in [2.45, 2.75) is 37.5 Å². The first-order valence-electron chi connectivity index (χ1n) is 9.12. The molecule has 0 spiro atoms. The molecule has 0 N–H and O–H groups in total. The molecule has 3 fully saturated rings. The lowest BCUT2D eigenvalue weighted by Crippen LogP contribution is -2.51. The minimum Gasteiger partial charge on any atom is -0.379 e. The molecule has 144 valence electrons. The molecule has 3 saturated heterocycles. The van der Waals surface area contributed by atoms with E-state index in [0.29, 0.717) is 26.4 Å². The summed E-state index contributed by atoms with van der Waals surface area (Å²) >= 11 is 0. The van der Waals surface area contributed by atoms with E-state index < -0.39 is 12.1 Å². The van der Waals surface area contributed by atoms with Crippen molar-refractivity contribution in [3.05, 3.63) is 17.5 Å². The van der Waals surface area contributed by atoms with Gasteiger partial charge < -0.3 is 14.4 Å². The highest BCUT2D eigenvalue weighted by molar-refractivity contribution is 5.95. The molecule has 3 aliphatic rings. The van der Waals surface area contributed by atoms with Crippen LogP contribution in [0.2, 0.25) is 0 Å². The van der Waals surface area contributed by atoms with Gasteiger partial charge in [0.15, 0.2) is 0 Å². The second-order valence-corrected chi connectivity index (χ2v) is 7.12. The number of carbonyl (C=O) groups is 1. The lowest BCUT2D eigenvalue weighted by atomic mass is 9.99. The molecule has 0 bridgehead atoms. The Morgan fingerprint density at radius 3 is 2.77 bits per heavy atom. The highest BCUT2D eigenvalue weighted by Crippen LogP contribution is 2.34. The number of aromatic nitrogens is 2. The van der Waals surface area contributed by atoms with Crippen LogP contribution in [0.5, 0.6) is 0 Å². The number of hydrogen-bond acceptors (Lipinski definition) is 5. The van der Waals surface area contributed by atoms with Crippen LogP contribution < -0.4 is 0 Å². The van der Waals surface area contributed by atoms with E-state index in [4.69, 9.17) is 9.47 Å². The number of rotatable bonds is 3. The Morgan fingerprint density at radius 1 is 1.27 bits per heavy atom. The van der Waals surface area contributed by atoms with Gasteiger partial charge in [-0.05, 0) is 12.8 Å². The van der Waals surface area contributed by atoms with Crippen LogP contribution in [0.4, 0.5) is 8.78 Å². The lowest BCUT2D eigenvalue weighted by Gasteiger charge is -2.37. The number of amides is 1. The highest BCUT2D eigenvalue weighted by Gasteiger charge is 2.49. The van der Waals surface area contributed by atoms with Crippen molar-refractivity contribution in [2.24, 2.45) is 7.05 Å². The molecule has 0 saturated carbocycles. The van der Waals surface area contributed by atoms with E-state index in [9.17, 15) is 13.6 Å². The van der Waals surface area contributed by atoms with Crippen molar-refractivity contribution in [1.29, 1.82) is 0 Å². The van der Waals surface area contributed by atoms with Crippen LogP contribution in [-0.4, -0.2) is 83.1 Å². The average Bonchev–Trinajstić information content (AvgIpc) is 3.23. The maximum atomic E-state index is 13.3. The summed E-state index contributed by atoms with van der Waals surface area (Å²) in [5.41, 5.74) is -0.449. The van der Waals surface area contributed by atoms with Gasteiger partial charge >= 0.3 is 0 Å². The molecule has 9 heteroatoms. The third kappa shape index (κ3) is 3.12. The lowest BCUT2D eigenvalue weighted by molar-refractivity contribution is -0.0579. The summed E-state index contributed by atoms with van der Waals surface area (Å²) in [6.07, 6.45) is 0.255. The fourth-order valence-corrected chi connectivity index (χ4v) is 4.38. The molecule has 4 rings (SSSR count). The van der Waals surface area contributed by atoms with Crippen LogP contribution in [0.3, 0.4) is 0 Å². The van der Waals surface area contributed by atoms with Crippen LogP contribution in [0.15, 0.2) is 6.20 Å². The molecule has 26 heavy (non-hydrogen) atoms. The Bertz CT molecular complexity index is 662. The van der Waals surface area contributed by atoms with Crippen LogP contribution in [0, 0.1) is 0 Å². The number of halogens is 2. The SMILES string of the molecule is Cn1cc(C(=O)N2C[C@H](N3CCOCC3)[C@@H]3OCCC[C@@H]32)c(C(F)F)n1. The van der Waals surface area contributed by atoms with Crippen molar-refractivity contribution in [1.82, 2.24) is 19.6 Å². The Kier molecular flexibility index (Phi) is 4.94. The van der Waals surface area contributed by atoms with E-state index >= 15 is 0 Å². The smallest absolute Gasteiger partial charge is 0.282 e. The number of likely N-dealkylation sites (tertiary alicyclic amines) is 1. The van der Waals surface area contributed by atoms with Crippen molar-refractivity contribution in [2.75, 3.05) is 39.5 Å². The fourth-order valence-electron chi connectivity index (χ4n) is 4.38. The summed E-state index contributed by atoms with van der Waals surface area (Å²) in [6, 6.07) is 0.00893. The Hall–Kier alpha value is -1.58. The zero-order valence-corrected chi connectivity index (χ0v) is 14.8. The molecule has 1 aromatic heterocycles. The number of aryl methyl sites for hydroxylation is 1. The van der Waals surface area contributed by atoms with E-state index in [1.54, 1.807) is 11.9 Å². The number of hydrogen-bond donors (Lipinski definition) is 0. The molecular formula is C17H24F2N4O3. The van der Waals surface area contributed by atoms with Crippen LogP contribution in [0.25, 0.3) is 0 Å². The van der Waals surface area contributed by atoms with E-state index in [-0.39, 0.29) is 29.7 Å². The first-order valence-corrected chi connectivity index (χ1v) is 9.12. The molecule has 4 heterocycles. The maximum Gasteiger partial charge on any atom is 0.282 e. The standard InChI is InChI=1S/C17H24F2N4O3/c1-21-9-11(14(20-21)16(18)19)17(24)23-10-13(22-4-7-25-8-5-22)15-12(23)3-2-6-26-15/h9,12-13,15-16H,2-8,10H2,1H3/t12-,13-,15+/m0/s1. The number of fused-ring (bicyclic) bond motifs is 1. The zero-order valence-electron chi connectivity index (χ0n) is 14.8. The number of ether oxygens (including phenoxy) is 2. The first kappa shape index (κ1) is 17.8. The summed E-state index contributed by atoms with van der Waals surface area (Å²) in [4.78, 5) is 17.1. The monoisotopic (exact) mass is 370 g/mol. The number of morpholine rings is 1. The van der Waals surface area contributed by atoms with E-state index in [2.05, 4.69) is 10.00 Å². The topological polar surface area (TPSA) is 59.8 Å². The molecule has 0 unspecified atom stereocenters. The first-order chi connectivity index (χ1) is 12.6. The summed E-state index contributed by atoms with van der Waals surface area (Å²) < 4.78 is 39.3. The minimum atomic E-state index is -2.77. The van der Waals surface area contributed by atoms with Crippen molar-refractivity contribution < 1.29 is 23.0 Å². The molecule has 1 amide bonds. The van der Waals surface area contributed by atoms with E-state index in [1.807, 2.05) is 0 Å². The zero-order chi connectivity index (χ0) is 18.3. The maximum absolute atomic E-state index is 13.3. The predicted octanol–water partition coefficient (Wildman–Crippen LogP) is 1.06. The summed E-state index contributed by atoms with van der Waals surface area (Å²) in [5, 5.41) is 3.78. The van der Waals surface area contributed by atoms with Crippen molar-refractivity contribution in [3.8, 4) is 0 Å². The molecule has 1 aromatic rings. The fraction of sp³-hybridized carbons (Fsp3) is 0.765. The van der Waals surface area contributed by atoms with E-state index in [0.717, 1.165) is 25.9 Å². The van der Waals surface area contributed by atoms with E-state index in [1.165, 1.54) is 10.9 Å². The van der Waals surface area contributed by atoms with Gasteiger partial charge in [0.25, 0.3) is 12.3 Å². The molecule has 3 atom stereocenters. The highest BCUT2D eigenvalue weighted by atomic mass is 19.3. The van der Waals surface area contributed by atoms with Gasteiger partial charge in [-0.3, -0.25) is 14.4 Å². The Morgan fingerprint density at radius 2 is 2.04 bits per heavy atom. The minimum absolute atomic E-state index is 0.00514. The third-order valence-electron chi connectivity index (χ3n) is 5.57. The van der Waals surface area contributed by atoms with Crippen LogP contribution in [-0.2, 0) is 16.5 Å². The second-order valence-electron chi connectivity index (χ2n) is 7.12. The molecular weight excluding hydrogens is 346 g/mol. The largest absolute Gasteiger partial charge is 0.379 e. The average molecular weight is 370 g/mol. The van der Waals surface area contributed by atoms with Gasteiger partial charge in [-0.1, -0.05) is 0 Å². The van der Waals surface area contributed by atoms with Gasteiger partial charge in [-0.25, -0.2) is 8.78 Å². The molecule has 7 nitrogen and oxygen atoms in total. The normalized spacial score (nSPS) is 30.0. The summed E-state index contributed by atoms with van der Waals surface area (Å²) in [7, 11) is 1.55. The number of nitrogens with zero attached hydrogens (tertiary/aromatic N) is 4. The summed E-state index contributed by atoms with van der Waals surface area (Å²) in [5.74, 6) is -0.371. The van der Waals surface area contributed by atoms with Gasteiger partial charge in [0, 0.05) is 39.5 Å². The second kappa shape index (κ2) is 7.21. The summed E-state index contributed by atoms with van der Waals surface area (Å²) in [6.45, 7) is 4.10. The Balaban J connectivity index is 1.60. The quantitative estimate of drug-likeness (QED) is 0.796. The predicted molar refractivity (Wildman–Crippen MR) is 88.1 cm³/mol. The molecule has 3 aliphatic heterocycles. The molecule has 0 radical (unpaired) electrons. The van der Waals surface area contributed by atoms with Gasteiger partial charge in [0.05, 0.1) is 37.0 Å². The van der Waals surface area contributed by atoms with Crippen LogP contribution in [0.1, 0.15) is 35.3 Å². The van der Waals surface area contributed by atoms with Crippen molar-refractivity contribution in [3.63, 3.8) is 0 Å². The van der Waals surface area contributed by atoms with Gasteiger partial charge in [0.2, 0.25) is 0 Å². The number of carbonyl (C=O) groups excluding carboxylic acids is 1.